The number of ether oxygens (including phenoxy) is 2. The third-order valence-corrected chi connectivity index (χ3v) is 4.79. The van der Waals surface area contributed by atoms with Crippen molar-refractivity contribution in [2.75, 3.05) is 0 Å². The highest BCUT2D eigenvalue weighted by atomic mass is 19.3. The Bertz CT molecular complexity index is 997. The average molecular weight is 445 g/mol. The summed E-state index contributed by atoms with van der Waals surface area (Å²) >= 11 is 0. The van der Waals surface area contributed by atoms with Gasteiger partial charge in [0.15, 0.2) is 0 Å². The number of benzene rings is 2. The van der Waals surface area contributed by atoms with Crippen molar-refractivity contribution in [3.63, 3.8) is 0 Å². The normalized spacial score (nSPS) is 13.2. The first-order valence-corrected chi connectivity index (χ1v) is 10.1. The van der Waals surface area contributed by atoms with E-state index in [1.807, 2.05) is 45.0 Å². The second-order valence-electron chi connectivity index (χ2n) is 7.59. The van der Waals surface area contributed by atoms with E-state index >= 15 is 0 Å². The number of carbonyl (C=O) groups is 1. The van der Waals surface area contributed by atoms with Gasteiger partial charge in [0.25, 0.3) is 0 Å². The Labute approximate surface area is 184 Å². The quantitative estimate of drug-likeness (QED) is 0.491. The van der Waals surface area contributed by atoms with Crippen LogP contribution in [0.3, 0.4) is 0 Å². The number of tetrazole rings is 1. The van der Waals surface area contributed by atoms with Crippen LogP contribution in [0.5, 0.6) is 5.75 Å². The van der Waals surface area contributed by atoms with Crippen LogP contribution in [-0.4, -0.2) is 39.2 Å². The van der Waals surface area contributed by atoms with Crippen LogP contribution in [0.2, 0.25) is 0 Å². The van der Waals surface area contributed by atoms with Crippen molar-refractivity contribution in [1.82, 2.24) is 25.9 Å². The number of nitrogens with one attached hydrogen (secondary N) is 2. The Balaban J connectivity index is 1.60. The molecule has 170 valence electrons. The third-order valence-electron chi connectivity index (χ3n) is 4.79. The lowest BCUT2D eigenvalue weighted by atomic mass is 10.0. The molecule has 10 heteroatoms. The van der Waals surface area contributed by atoms with Gasteiger partial charge in [-0.25, -0.2) is 0 Å². The van der Waals surface area contributed by atoms with Gasteiger partial charge >= 0.3 is 6.61 Å². The number of alkyl halides is 2. The van der Waals surface area contributed by atoms with Crippen LogP contribution < -0.4 is 10.1 Å². The highest BCUT2D eigenvalue weighted by Crippen LogP contribution is 2.21. The van der Waals surface area contributed by atoms with Crippen molar-refractivity contribution >= 4 is 5.91 Å². The monoisotopic (exact) mass is 445 g/mol. The van der Waals surface area contributed by atoms with Gasteiger partial charge in [-0.05, 0) is 41.3 Å². The first kappa shape index (κ1) is 23.3. The van der Waals surface area contributed by atoms with E-state index in [2.05, 4.69) is 30.7 Å². The lowest BCUT2D eigenvalue weighted by Gasteiger charge is -2.24. The summed E-state index contributed by atoms with van der Waals surface area (Å²) in [7, 11) is 0. The molecule has 0 saturated heterocycles. The molecule has 2 N–H and O–H groups in total. The summed E-state index contributed by atoms with van der Waals surface area (Å²) in [6.45, 7) is 2.83. The molecule has 1 aromatic heterocycles. The molecule has 2 aromatic carbocycles. The van der Waals surface area contributed by atoms with Gasteiger partial charge in [-0.15, -0.1) is 10.2 Å². The van der Waals surface area contributed by atoms with Crippen LogP contribution >= 0.6 is 0 Å². The number of aromatic nitrogens is 4. The van der Waals surface area contributed by atoms with E-state index in [0.29, 0.717) is 11.4 Å². The molecule has 1 heterocycles. The maximum absolute atomic E-state index is 12.9. The molecule has 1 amide bonds. The largest absolute Gasteiger partial charge is 0.435 e. The molecule has 0 bridgehead atoms. The van der Waals surface area contributed by atoms with Crippen LogP contribution in [-0.2, 0) is 16.1 Å². The molecule has 0 fully saturated rings. The number of hydrogen-bond acceptors (Lipinski definition) is 6. The highest BCUT2D eigenvalue weighted by molar-refractivity contribution is 5.81. The molecule has 0 spiro atoms. The van der Waals surface area contributed by atoms with Gasteiger partial charge in [0, 0.05) is 5.56 Å². The minimum Gasteiger partial charge on any atom is -0.435 e. The number of halogens is 2. The topological polar surface area (TPSA) is 102 Å². The summed E-state index contributed by atoms with van der Waals surface area (Å²) in [5, 5.41) is 16.8. The second kappa shape index (κ2) is 10.8. The molecule has 0 radical (unpaired) electrons. The number of nitrogens with zero attached hydrogens (tertiary/aromatic N) is 3. The van der Waals surface area contributed by atoms with Gasteiger partial charge in [0.2, 0.25) is 11.7 Å². The third kappa shape index (κ3) is 6.30. The fraction of sp³-hybridized carbons (Fsp3) is 0.364. The van der Waals surface area contributed by atoms with Crippen molar-refractivity contribution in [3.8, 4) is 17.1 Å². The van der Waals surface area contributed by atoms with Gasteiger partial charge in [-0.2, -0.15) is 14.0 Å². The molecule has 8 nitrogen and oxygen atoms in total. The highest BCUT2D eigenvalue weighted by Gasteiger charge is 2.25. The molecule has 2 unspecified atom stereocenters. The van der Waals surface area contributed by atoms with Crippen LogP contribution in [0.4, 0.5) is 8.78 Å². The van der Waals surface area contributed by atoms with Gasteiger partial charge in [-0.3, -0.25) is 4.79 Å². The fourth-order valence-corrected chi connectivity index (χ4v) is 3.15. The van der Waals surface area contributed by atoms with E-state index in [1.165, 1.54) is 12.1 Å². The van der Waals surface area contributed by atoms with Gasteiger partial charge in [-0.1, -0.05) is 50.2 Å². The zero-order valence-corrected chi connectivity index (χ0v) is 18.0. The Kier molecular flexibility index (Phi) is 7.82. The summed E-state index contributed by atoms with van der Waals surface area (Å²) in [5.74, 6) is 0.187. The summed E-state index contributed by atoms with van der Waals surface area (Å²) in [5.41, 5.74) is 2.35. The standard InChI is InChI=1S/C22H25F2N5O3/c1-13(2)19(31-12-15-5-4-6-18(11-15)32-22(23)24)21(30)25-14(3)16-7-9-17(10-8-16)20-26-28-29-27-20/h4-11,13-14,19,22H,12H2,1-3H3,(H,25,30)(H,26,27,28,29). The predicted octanol–water partition coefficient (Wildman–Crippen LogP) is 3.89. The maximum atomic E-state index is 12.9. The van der Waals surface area contributed by atoms with Gasteiger partial charge in [0.05, 0.1) is 12.6 Å². The average Bonchev–Trinajstić information content (AvgIpc) is 3.28. The van der Waals surface area contributed by atoms with E-state index < -0.39 is 12.7 Å². The van der Waals surface area contributed by atoms with E-state index in [0.717, 1.165) is 11.1 Å². The first-order chi connectivity index (χ1) is 15.3. The lowest BCUT2D eigenvalue weighted by Crippen LogP contribution is -2.40. The maximum Gasteiger partial charge on any atom is 0.387 e. The number of aromatic amines is 1. The number of rotatable bonds is 10. The zero-order valence-electron chi connectivity index (χ0n) is 18.0. The Morgan fingerprint density at radius 2 is 1.88 bits per heavy atom. The molecule has 0 aliphatic carbocycles. The van der Waals surface area contributed by atoms with Crippen LogP contribution in [0, 0.1) is 5.92 Å². The minimum atomic E-state index is -2.90. The summed E-state index contributed by atoms with van der Waals surface area (Å²) < 4.78 is 35.1. The molecular weight excluding hydrogens is 420 g/mol. The summed E-state index contributed by atoms with van der Waals surface area (Å²) in [6.07, 6.45) is -0.712. The smallest absolute Gasteiger partial charge is 0.387 e. The molecule has 0 aliphatic heterocycles. The predicted molar refractivity (Wildman–Crippen MR) is 113 cm³/mol. The van der Waals surface area contributed by atoms with Gasteiger partial charge in [0.1, 0.15) is 11.9 Å². The van der Waals surface area contributed by atoms with Gasteiger partial charge < -0.3 is 14.8 Å². The van der Waals surface area contributed by atoms with Crippen LogP contribution in [0.1, 0.15) is 37.9 Å². The molecule has 3 rings (SSSR count). The number of hydrogen-bond donors (Lipinski definition) is 2. The van der Waals surface area contributed by atoms with Crippen molar-refractivity contribution in [2.45, 2.75) is 46.1 Å². The summed E-state index contributed by atoms with van der Waals surface area (Å²) in [6, 6.07) is 13.5. The Hall–Kier alpha value is -3.40. The second-order valence-corrected chi connectivity index (χ2v) is 7.59. The van der Waals surface area contributed by atoms with Crippen molar-refractivity contribution in [1.29, 1.82) is 0 Å². The number of carbonyl (C=O) groups excluding carboxylic acids is 1. The molecule has 0 saturated carbocycles. The molecule has 2 atom stereocenters. The molecular formula is C22H25F2N5O3. The number of H-pyrrole nitrogens is 1. The summed E-state index contributed by atoms with van der Waals surface area (Å²) in [4.78, 5) is 12.9. The molecule has 3 aromatic rings. The van der Waals surface area contributed by atoms with Crippen molar-refractivity contribution in [2.24, 2.45) is 5.92 Å². The van der Waals surface area contributed by atoms with E-state index in [4.69, 9.17) is 4.74 Å². The van der Waals surface area contributed by atoms with E-state index in [1.54, 1.807) is 12.1 Å². The fourth-order valence-electron chi connectivity index (χ4n) is 3.15. The SMILES string of the molecule is CC(NC(=O)C(OCc1cccc(OC(F)F)c1)C(C)C)c1ccc(-c2nn[nH]n2)cc1. The Morgan fingerprint density at radius 1 is 1.12 bits per heavy atom. The van der Waals surface area contributed by atoms with Crippen LogP contribution in [0.15, 0.2) is 48.5 Å². The zero-order chi connectivity index (χ0) is 23.1. The Morgan fingerprint density at radius 3 is 2.50 bits per heavy atom. The minimum absolute atomic E-state index is 0.0459. The first-order valence-electron chi connectivity index (χ1n) is 10.1. The molecule has 32 heavy (non-hydrogen) atoms. The van der Waals surface area contributed by atoms with E-state index in [-0.39, 0.29) is 30.2 Å². The van der Waals surface area contributed by atoms with Crippen LogP contribution in [0.25, 0.3) is 11.4 Å². The molecule has 0 aliphatic rings. The number of amides is 1. The van der Waals surface area contributed by atoms with E-state index in [9.17, 15) is 13.6 Å². The van der Waals surface area contributed by atoms with Crippen molar-refractivity contribution in [3.05, 3.63) is 59.7 Å². The van der Waals surface area contributed by atoms with Crippen molar-refractivity contribution < 1.29 is 23.0 Å². The lowest BCUT2D eigenvalue weighted by molar-refractivity contribution is -0.137.